The summed E-state index contributed by atoms with van der Waals surface area (Å²) in [6.07, 6.45) is 3.68. The number of ether oxygens (including phenoxy) is 3. The van der Waals surface area contributed by atoms with E-state index in [4.69, 9.17) is 14.2 Å². The highest BCUT2D eigenvalue weighted by Crippen LogP contribution is 2.25. The zero-order valence-corrected chi connectivity index (χ0v) is 17.0. The van der Waals surface area contributed by atoms with Crippen LogP contribution in [0.2, 0.25) is 0 Å². The Morgan fingerprint density at radius 1 is 1.32 bits per heavy atom. The Labute approximate surface area is 165 Å². The second kappa shape index (κ2) is 9.52. The van der Waals surface area contributed by atoms with Crippen molar-refractivity contribution >= 4 is 18.5 Å². The van der Waals surface area contributed by atoms with Gasteiger partial charge in [-0.2, -0.15) is 0 Å². The van der Waals surface area contributed by atoms with E-state index in [2.05, 4.69) is 0 Å². The Morgan fingerprint density at radius 3 is 2.61 bits per heavy atom. The quantitative estimate of drug-likeness (QED) is 0.441. The maximum absolute atomic E-state index is 12.7. The number of hydrogen-bond acceptors (Lipinski definition) is 7. The van der Waals surface area contributed by atoms with Crippen LogP contribution in [0.5, 0.6) is 0 Å². The Kier molecular flexibility index (Phi) is 7.60. The van der Waals surface area contributed by atoms with Crippen LogP contribution in [0.15, 0.2) is 12.2 Å². The predicted octanol–water partition coefficient (Wildman–Crippen LogP) is 2.33. The lowest BCUT2D eigenvalue weighted by Gasteiger charge is -2.31. The molecule has 0 aromatic heterocycles. The highest BCUT2D eigenvalue weighted by molar-refractivity contribution is 5.89. The maximum Gasteiger partial charge on any atom is 0.417 e. The van der Waals surface area contributed by atoms with Gasteiger partial charge >= 0.3 is 12.1 Å². The van der Waals surface area contributed by atoms with Crippen molar-refractivity contribution in [3.63, 3.8) is 0 Å². The molecule has 1 saturated heterocycles. The molecule has 3 unspecified atom stereocenters. The Hall–Kier alpha value is -1.93. The summed E-state index contributed by atoms with van der Waals surface area (Å²) >= 11 is 0. The van der Waals surface area contributed by atoms with Crippen LogP contribution in [0.4, 0.5) is 4.79 Å². The van der Waals surface area contributed by atoms with Crippen molar-refractivity contribution in [3.8, 4) is 0 Å². The molecule has 1 aliphatic carbocycles. The number of allylic oxidation sites excluding steroid dienone is 1. The first-order valence-corrected chi connectivity index (χ1v) is 9.79. The lowest BCUT2D eigenvalue weighted by atomic mass is 10.0. The predicted molar refractivity (Wildman–Crippen MR) is 100 cm³/mol. The van der Waals surface area contributed by atoms with Crippen LogP contribution in [-0.4, -0.2) is 64.5 Å². The third-order valence-electron chi connectivity index (χ3n) is 4.75. The van der Waals surface area contributed by atoms with Gasteiger partial charge in [-0.15, -0.1) is 0 Å². The van der Waals surface area contributed by atoms with Gasteiger partial charge in [0.1, 0.15) is 23.9 Å². The number of carbonyl (C=O) groups excluding carboxylic acids is 3. The third kappa shape index (κ3) is 6.04. The van der Waals surface area contributed by atoms with Gasteiger partial charge in [0, 0.05) is 0 Å². The molecule has 1 aliphatic heterocycles. The Bertz CT molecular complexity index is 598. The summed E-state index contributed by atoms with van der Waals surface area (Å²) in [6.45, 7) is 6.67. The number of nitrogens with zero attached hydrogens (tertiary/aromatic N) is 1. The summed E-state index contributed by atoms with van der Waals surface area (Å²) < 4.78 is 16.7. The standard InChI is InChI=1S/C20H31NO7/c1-13-17(27-14-8-5-6-9-14)16(23)11-7-10-15(18(24)26-13)21(12-22)19(25)28-20(2,3)4/h5,8,12-17,23H,6-7,9-11H2,1-4H3/t13?,14?,15-,16?,17-/m0/s1. The van der Waals surface area contributed by atoms with Gasteiger partial charge in [-0.1, -0.05) is 12.2 Å². The van der Waals surface area contributed by atoms with E-state index in [1.54, 1.807) is 27.7 Å². The second-order valence-electron chi connectivity index (χ2n) is 8.29. The minimum Gasteiger partial charge on any atom is -0.458 e. The number of imide groups is 1. The van der Waals surface area contributed by atoms with Crippen molar-refractivity contribution in [1.82, 2.24) is 4.90 Å². The van der Waals surface area contributed by atoms with Crippen LogP contribution in [0.1, 0.15) is 59.8 Å². The number of carbonyl (C=O) groups is 3. The van der Waals surface area contributed by atoms with Crippen molar-refractivity contribution < 1.29 is 33.7 Å². The molecule has 2 amide bonds. The molecule has 0 spiro atoms. The monoisotopic (exact) mass is 397 g/mol. The van der Waals surface area contributed by atoms with Gasteiger partial charge in [-0.25, -0.2) is 14.5 Å². The number of esters is 1. The number of hydrogen-bond donors (Lipinski definition) is 1. The molecule has 0 saturated carbocycles. The van der Waals surface area contributed by atoms with E-state index >= 15 is 0 Å². The van der Waals surface area contributed by atoms with Crippen molar-refractivity contribution in [2.75, 3.05) is 0 Å². The van der Waals surface area contributed by atoms with Gasteiger partial charge in [0.15, 0.2) is 0 Å². The average molecular weight is 397 g/mol. The van der Waals surface area contributed by atoms with Crippen molar-refractivity contribution in [1.29, 1.82) is 0 Å². The highest BCUT2D eigenvalue weighted by atomic mass is 16.6. The normalized spacial score (nSPS) is 31.3. The van der Waals surface area contributed by atoms with Crippen LogP contribution in [0, 0.1) is 0 Å². The van der Waals surface area contributed by atoms with Crippen molar-refractivity contribution in [3.05, 3.63) is 12.2 Å². The first-order valence-electron chi connectivity index (χ1n) is 9.79. The maximum atomic E-state index is 12.7. The van der Waals surface area contributed by atoms with E-state index < -0.39 is 42.0 Å². The lowest BCUT2D eigenvalue weighted by molar-refractivity contribution is -0.171. The summed E-state index contributed by atoms with van der Waals surface area (Å²) in [6, 6.07) is -1.10. The second-order valence-corrected chi connectivity index (χ2v) is 8.29. The highest BCUT2D eigenvalue weighted by Gasteiger charge is 2.39. The van der Waals surface area contributed by atoms with Gasteiger partial charge < -0.3 is 19.3 Å². The molecule has 8 heteroatoms. The van der Waals surface area contributed by atoms with Crippen molar-refractivity contribution in [2.24, 2.45) is 0 Å². The Morgan fingerprint density at radius 2 is 2.04 bits per heavy atom. The molecule has 0 aromatic rings. The van der Waals surface area contributed by atoms with E-state index in [0.717, 1.165) is 17.7 Å². The molecule has 0 aromatic carbocycles. The minimum absolute atomic E-state index is 0.120. The van der Waals surface area contributed by atoms with Crippen LogP contribution in [-0.2, 0) is 23.8 Å². The third-order valence-corrected chi connectivity index (χ3v) is 4.75. The number of aliphatic hydroxyl groups excluding tert-OH is 1. The van der Waals surface area contributed by atoms with Gasteiger partial charge in [0.25, 0.3) is 0 Å². The fourth-order valence-corrected chi connectivity index (χ4v) is 3.38. The SMILES string of the molecule is CC1OC(=O)[C@@H](N(C=O)C(=O)OC(C)(C)C)CCCC(O)[C@H]1OC1C=CCC1. The molecule has 158 valence electrons. The van der Waals surface area contributed by atoms with E-state index in [1.165, 1.54) is 0 Å². The number of amides is 2. The van der Waals surface area contributed by atoms with E-state index in [0.29, 0.717) is 12.8 Å². The molecule has 2 aliphatic rings. The van der Waals surface area contributed by atoms with Crippen molar-refractivity contribution in [2.45, 2.75) is 95.9 Å². The molecule has 0 radical (unpaired) electrons. The minimum atomic E-state index is -1.10. The van der Waals surface area contributed by atoms with E-state index in [-0.39, 0.29) is 18.9 Å². The number of rotatable bonds is 4. The zero-order chi connectivity index (χ0) is 20.9. The topological polar surface area (TPSA) is 102 Å². The summed E-state index contributed by atoms with van der Waals surface area (Å²) in [5, 5.41) is 10.5. The smallest absolute Gasteiger partial charge is 0.417 e. The van der Waals surface area contributed by atoms with Crippen LogP contribution < -0.4 is 0 Å². The van der Waals surface area contributed by atoms with E-state index in [1.807, 2.05) is 12.2 Å². The Balaban J connectivity index is 2.13. The molecule has 1 fully saturated rings. The molecule has 5 atom stereocenters. The number of cyclic esters (lactones) is 1. The molecule has 2 rings (SSSR count). The van der Waals surface area contributed by atoms with Gasteiger partial charge in [0.05, 0.1) is 12.2 Å². The van der Waals surface area contributed by atoms with E-state index in [9.17, 15) is 19.5 Å². The van der Waals surface area contributed by atoms with Crippen LogP contribution in [0.3, 0.4) is 0 Å². The van der Waals surface area contributed by atoms with Gasteiger partial charge in [-0.3, -0.25) is 4.79 Å². The molecule has 1 N–H and O–H groups in total. The summed E-state index contributed by atoms with van der Waals surface area (Å²) in [5.74, 6) is -0.713. The van der Waals surface area contributed by atoms with Crippen LogP contribution in [0.25, 0.3) is 0 Å². The molecule has 0 bridgehead atoms. The lowest BCUT2D eigenvalue weighted by Crippen LogP contribution is -2.48. The van der Waals surface area contributed by atoms with Gasteiger partial charge in [-0.05, 0) is 59.8 Å². The average Bonchev–Trinajstić information content (AvgIpc) is 3.10. The summed E-state index contributed by atoms with van der Waals surface area (Å²) in [7, 11) is 0. The molecular weight excluding hydrogens is 366 g/mol. The molecule has 28 heavy (non-hydrogen) atoms. The van der Waals surface area contributed by atoms with Gasteiger partial charge in [0.2, 0.25) is 6.41 Å². The zero-order valence-electron chi connectivity index (χ0n) is 17.0. The summed E-state index contributed by atoms with van der Waals surface area (Å²) in [5.41, 5.74) is -0.808. The first-order chi connectivity index (χ1) is 13.1. The number of aliphatic hydroxyl groups is 1. The first kappa shape index (κ1) is 22.4. The molecule has 8 nitrogen and oxygen atoms in total. The molecule has 1 heterocycles. The largest absolute Gasteiger partial charge is 0.458 e. The fraction of sp³-hybridized carbons (Fsp3) is 0.750. The molecular formula is C20H31NO7. The van der Waals surface area contributed by atoms with Crippen LogP contribution >= 0.6 is 0 Å². The fourth-order valence-electron chi connectivity index (χ4n) is 3.38. The summed E-state index contributed by atoms with van der Waals surface area (Å²) in [4.78, 5) is 37.3.